The number of carboxylic acid groups (broad SMARTS) is 1. The minimum Gasteiger partial charge on any atom is -0.480 e. The molecule has 0 aromatic heterocycles. The number of carboxylic acids is 1. The predicted molar refractivity (Wildman–Crippen MR) is 111 cm³/mol. The van der Waals surface area contributed by atoms with Crippen LogP contribution in [0.3, 0.4) is 0 Å². The second kappa shape index (κ2) is 8.22. The molecule has 0 heterocycles. The summed E-state index contributed by atoms with van der Waals surface area (Å²) < 4.78 is 0. The van der Waals surface area contributed by atoms with Crippen LogP contribution in [0.15, 0.2) is 42.5 Å². The molecule has 144 valence electrons. The second-order valence-electron chi connectivity index (χ2n) is 7.49. The van der Waals surface area contributed by atoms with Gasteiger partial charge in [0.05, 0.1) is 0 Å². The van der Waals surface area contributed by atoms with Crippen LogP contribution < -0.4 is 0 Å². The Labute approximate surface area is 170 Å². The van der Waals surface area contributed by atoms with E-state index >= 15 is 0 Å². The van der Waals surface area contributed by atoms with Gasteiger partial charge in [0.25, 0.3) is 0 Å². The van der Waals surface area contributed by atoms with Gasteiger partial charge in [0.2, 0.25) is 0 Å². The fourth-order valence-electron chi connectivity index (χ4n) is 4.20. The molecule has 2 atom stereocenters. The summed E-state index contributed by atoms with van der Waals surface area (Å²) in [7, 11) is 1.87. The molecule has 3 nitrogen and oxygen atoms in total. The van der Waals surface area contributed by atoms with Crippen LogP contribution in [0.5, 0.6) is 0 Å². The molecule has 5 heteroatoms. The van der Waals surface area contributed by atoms with Crippen LogP contribution in [0.25, 0.3) is 0 Å². The largest absolute Gasteiger partial charge is 0.480 e. The highest BCUT2D eigenvalue weighted by Gasteiger charge is 2.39. The number of hydrogen-bond acceptors (Lipinski definition) is 2. The zero-order chi connectivity index (χ0) is 19.6. The molecule has 2 aromatic carbocycles. The van der Waals surface area contributed by atoms with Crippen molar-refractivity contribution in [1.82, 2.24) is 4.90 Å². The summed E-state index contributed by atoms with van der Waals surface area (Å²) in [6.45, 7) is 2.47. The van der Waals surface area contributed by atoms with Crippen molar-refractivity contribution in [2.75, 3.05) is 13.6 Å². The zero-order valence-corrected chi connectivity index (χ0v) is 17.2. The number of rotatable bonds is 7. The maximum absolute atomic E-state index is 11.2. The quantitative estimate of drug-likeness (QED) is 0.668. The van der Waals surface area contributed by atoms with Crippen molar-refractivity contribution in [2.24, 2.45) is 0 Å². The maximum Gasteiger partial charge on any atom is 0.320 e. The molecular weight excluding hydrogens is 381 g/mol. The normalized spacial score (nSPS) is 19.9. The lowest BCUT2D eigenvalue weighted by Gasteiger charge is -2.33. The molecule has 0 fully saturated rings. The standard InChI is InChI=1S/C22H25Cl2NO2/c1-15(21(26)27)25(2)13-3-11-22(17-4-6-18(23)7-5-17)12-10-16-14-19(24)8-9-20(16)22/h4-9,14-15H,3,10-13H2,1-2H3,(H,26,27)/t15-,22?/m0/s1. The molecule has 2 aromatic rings. The van der Waals surface area contributed by atoms with Crippen LogP contribution in [0.4, 0.5) is 0 Å². The molecule has 1 aliphatic rings. The number of nitrogens with zero attached hydrogens (tertiary/aromatic N) is 1. The number of likely N-dealkylation sites (N-methyl/N-ethyl adjacent to an activating group) is 1. The summed E-state index contributed by atoms with van der Waals surface area (Å²) in [6, 6.07) is 13.9. The van der Waals surface area contributed by atoms with Gasteiger partial charge in [-0.3, -0.25) is 9.69 Å². The van der Waals surface area contributed by atoms with E-state index in [1.807, 2.05) is 30.1 Å². The Balaban J connectivity index is 1.87. The first-order valence-electron chi connectivity index (χ1n) is 9.31. The molecule has 1 N–H and O–H groups in total. The van der Waals surface area contributed by atoms with Crippen molar-refractivity contribution in [2.45, 2.75) is 44.1 Å². The zero-order valence-electron chi connectivity index (χ0n) is 15.7. The van der Waals surface area contributed by atoms with E-state index in [1.54, 1.807) is 6.92 Å². The van der Waals surface area contributed by atoms with E-state index in [2.05, 4.69) is 24.3 Å². The predicted octanol–water partition coefficient (Wildman–Crippen LogP) is 5.41. The first-order chi connectivity index (χ1) is 12.8. The fourth-order valence-corrected chi connectivity index (χ4v) is 4.52. The SMILES string of the molecule is C[C@@H](C(=O)O)N(C)CCCC1(c2ccc(Cl)cc2)CCc2cc(Cl)ccc21. The van der Waals surface area contributed by atoms with Crippen LogP contribution in [0.1, 0.15) is 42.9 Å². The van der Waals surface area contributed by atoms with Crippen LogP contribution in [0.2, 0.25) is 10.0 Å². The van der Waals surface area contributed by atoms with E-state index in [9.17, 15) is 9.90 Å². The molecule has 3 rings (SSSR count). The van der Waals surface area contributed by atoms with E-state index in [0.717, 1.165) is 42.3 Å². The van der Waals surface area contributed by atoms with Crippen molar-refractivity contribution < 1.29 is 9.90 Å². The summed E-state index contributed by atoms with van der Waals surface area (Å²) in [5, 5.41) is 10.7. The van der Waals surface area contributed by atoms with E-state index in [0.29, 0.717) is 0 Å². The van der Waals surface area contributed by atoms with Gasteiger partial charge < -0.3 is 5.11 Å². The molecule has 1 aliphatic carbocycles. The summed E-state index contributed by atoms with van der Waals surface area (Å²) in [4.78, 5) is 13.1. The third-order valence-electron chi connectivity index (χ3n) is 5.93. The molecule has 1 unspecified atom stereocenters. The van der Waals surface area contributed by atoms with Crippen molar-refractivity contribution in [1.29, 1.82) is 0 Å². The maximum atomic E-state index is 11.2. The van der Waals surface area contributed by atoms with Crippen LogP contribution in [-0.2, 0) is 16.6 Å². The van der Waals surface area contributed by atoms with Gasteiger partial charge in [-0.25, -0.2) is 0 Å². The first kappa shape index (κ1) is 20.2. The van der Waals surface area contributed by atoms with Gasteiger partial charge in [0.15, 0.2) is 0 Å². The van der Waals surface area contributed by atoms with E-state index in [4.69, 9.17) is 23.2 Å². The van der Waals surface area contributed by atoms with E-state index < -0.39 is 12.0 Å². The average Bonchev–Trinajstić information content (AvgIpc) is 3.00. The van der Waals surface area contributed by atoms with Gasteiger partial charge in [-0.05, 0) is 87.2 Å². The molecule has 27 heavy (non-hydrogen) atoms. The van der Waals surface area contributed by atoms with Gasteiger partial charge in [0.1, 0.15) is 6.04 Å². The monoisotopic (exact) mass is 405 g/mol. The minimum atomic E-state index is -0.786. The Hall–Kier alpha value is -1.55. The Morgan fingerprint density at radius 2 is 1.85 bits per heavy atom. The topological polar surface area (TPSA) is 40.5 Å². The molecular formula is C22H25Cl2NO2. The number of aryl methyl sites for hydroxylation is 1. The highest BCUT2D eigenvalue weighted by molar-refractivity contribution is 6.30. The molecule has 0 radical (unpaired) electrons. The summed E-state index contributed by atoms with van der Waals surface area (Å²) in [6.07, 6.45) is 3.90. The summed E-state index contributed by atoms with van der Waals surface area (Å²) >= 11 is 12.3. The highest BCUT2D eigenvalue weighted by Crippen LogP contribution is 2.48. The number of benzene rings is 2. The lowest BCUT2D eigenvalue weighted by molar-refractivity contribution is -0.142. The first-order valence-corrected chi connectivity index (χ1v) is 10.1. The molecule has 0 saturated heterocycles. The van der Waals surface area contributed by atoms with Gasteiger partial charge >= 0.3 is 5.97 Å². The van der Waals surface area contributed by atoms with Gasteiger partial charge in [-0.2, -0.15) is 0 Å². The van der Waals surface area contributed by atoms with E-state index in [1.165, 1.54) is 16.7 Å². The van der Waals surface area contributed by atoms with E-state index in [-0.39, 0.29) is 5.41 Å². The van der Waals surface area contributed by atoms with Crippen LogP contribution in [-0.4, -0.2) is 35.6 Å². The van der Waals surface area contributed by atoms with Gasteiger partial charge in [-0.1, -0.05) is 41.4 Å². The smallest absolute Gasteiger partial charge is 0.320 e. The lowest BCUT2D eigenvalue weighted by atomic mass is 9.72. The lowest BCUT2D eigenvalue weighted by Crippen LogP contribution is -2.37. The Bertz CT molecular complexity index is 822. The average molecular weight is 406 g/mol. The number of aliphatic carboxylic acids is 1. The van der Waals surface area contributed by atoms with Gasteiger partial charge in [0, 0.05) is 15.5 Å². The molecule has 0 aliphatic heterocycles. The molecule has 0 amide bonds. The Morgan fingerprint density at radius 3 is 2.52 bits per heavy atom. The molecule has 0 spiro atoms. The number of fused-ring (bicyclic) bond motifs is 1. The van der Waals surface area contributed by atoms with Crippen LogP contribution >= 0.6 is 23.2 Å². The highest BCUT2D eigenvalue weighted by atomic mass is 35.5. The van der Waals surface area contributed by atoms with Crippen molar-refractivity contribution in [3.63, 3.8) is 0 Å². The minimum absolute atomic E-state index is 0.0716. The number of halogens is 2. The number of carbonyl (C=O) groups is 1. The van der Waals surface area contributed by atoms with Crippen molar-refractivity contribution in [3.8, 4) is 0 Å². The van der Waals surface area contributed by atoms with Crippen LogP contribution in [0, 0.1) is 0 Å². The summed E-state index contributed by atoms with van der Waals surface area (Å²) in [5.41, 5.74) is 3.84. The third kappa shape index (κ3) is 4.16. The van der Waals surface area contributed by atoms with Crippen molar-refractivity contribution >= 4 is 29.2 Å². The Kier molecular flexibility index (Phi) is 6.15. The fraction of sp³-hybridized carbons (Fsp3) is 0.409. The Morgan fingerprint density at radius 1 is 1.19 bits per heavy atom. The number of hydrogen-bond donors (Lipinski definition) is 1. The van der Waals surface area contributed by atoms with Gasteiger partial charge in [-0.15, -0.1) is 0 Å². The van der Waals surface area contributed by atoms with Crippen molar-refractivity contribution in [3.05, 3.63) is 69.2 Å². The molecule has 0 saturated carbocycles. The second-order valence-corrected chi connectivity index (χ2v) is 8.36. The summed E-state index contributed by atoms with van der Waals surface area (Å²) in [5.74, 6) is -0.786. The third-order valence-corrected chi connectivity index (χ3v) is 6.42. The molecule has 0 bridgehead atoms.